The highest BCUT2D eigenvalue weighted by molar-refractivity contribution is 5.81. The van der Waals surface area contributed by atoms with E-state index < -0.39 is 6.04 Å². The van der Waals surface area contributed by atoms with Gasteiger partial charge < -0.3 is 11.1 Å². The van der Waals surface area contributed by atoms with Gasteiger partial charge in [0, 0.05) is 6.54 Å². The first-order chi connectivity index (χ1) is 7.50. The second-order valence-corrected chi connectivity index (χ2v) is 4.48. The third kappa shape index (κ3) is 3.66. The molecular weight excluding hydrogens is 200 g/mol. The number of benzene rings is 1. The average molecular weight is 220 g/mol. The average Bonchev–Trinajstić information content (AvgIpc) is 2.24. The summed E-state index contributed by atoms with van der Waals surface area (Å²) in [7, 11) is 0. The Morgan fingerprint density at radius 1 is 1.44 bits per heavy atom. The number of nitrogens with two attached hydrogens (primary N) is 1. The number of hydrogen-bond acceptors (Lipinski definition) is 2. The molecule has 0 saturated carbocycles. The molecule has 16 heavy (non-hydrogen) atoms. The highest BCUT2D eigenvalue weighted by Crippen LogP contribution is 2.04. The van der Waals surface area contributed by atoms with Crippen LogP contribution in [-0.4, -0.2) is 11.9 Å². The van der Waals surface area contributed by atoms with Crippen LogP contribution in [0, 0.1) is 12.8 Å². The van der Waals surface area contributed by atoms with Crippen molar-refractivity contribution in [2.24, 2.45) is 11.7 Å². The lowest BCUT2D eigenvalue weighted by atomic mass is 10.0. The minimum Gasteiger partial charge on any atom is -0.351 e. The smallest absolute Gasteiger partial charge is 0.237 e. The zero-order valence-electron chi connectivity index (χ0n) is 10.2. The SMILES string of the molecule is Cc1cccc(CNC(=O)[C@H](N)C(C)C)c1. The van der Waals surface area contributed by atoms with E-state index in [2.05, 4.69) is 11.4 Å². The zero-order chi connectivity index (χ0) is 12.1. The number of hydrogen-bond donors (Lipinski definition) is 2. The molecule has 3 N–H and O–H groups in total. The topological polar surface area (TPSA) is 55.1 Å². The second-order valence-electron chi connectivity index (χ2n) is 4.48. The minimum absolute atomic E-state index is 0.0866. The number of carbonyl (C=O) groups excluding carboxylic acids is 1. The molecule has 0 aliphatic heterocycles. The Bertz CT molecular complexity index is 361. The molecule has 1 aromatic rings. The van der Waals surface area contributed by atoms with Gasteiger partial charge >= 0.3 is 0 Å². The van der Waals surface area contributed by atoms with Crippen molar-refractivity contribution in [3.63, 3.8) is 0 Å². The van der Waals surface area contributed by atoms with Crippen molar-refractivity contribution < 1.29 is 4.79 Å². The highest BCUT2D eigenvalue weighted by atomic mass is 16.2. The van der Waals surface area contributed by atoms with E-state index >= 15 is 0 Å². The normalized spacial score (nSPS) is 12.6. The number of amides is 1. The molecular formula is C13H20N2O. The Morgan fingerprint density at radius 2 is 2.12 bits per heavy atom. The lowest BCUT2D eigenvalue weighted by molar-refractivity contribution is -0.123. The predicted octanol–water partition coefficient (Wildman–Crippen LogP) is 1.59. The van der Waals surface area contributed by atoms with Crippen molar-refractivity contribution in [2.75, 3.05) is 0 Å². The third-order valence-electron chi connectivity index (χ3n) is 2.57. The van der Waals surface area contributed by atoms with Gasteiger partial charge in [0.05, 0.1) is 6.04 Å². The summed E-state index contributed by atoms with van der Waals surface area (Å²) in [6.07, 6.45) is 0. The molecule has 0 fully saturated rings. The Morgan fingerprint density at radius 3 is 2.69 bits per heavy atom. The zero-order valence-corrected chi connectivity index (χ0v) is 10.2. The highest BCUT2D eigenvalue weighted by Gasteiger charge is 2.16. The Kier molecular flexibility index (Phi) is 4.50. The van der Waals surface area contributed by atoms with Crippen LogP contribution in [0.3, 0.4) is 0 Å². The molecule has 1 aromatic carbocycles. The van der Waals surface area contributed by atoms with E-state index in [0.717, 1.165) is 5.56 Å². The molecule has 1 rings (SSSR count). The van der Waals surface area contributed by atoms with E-state index in [0.29, 0.717) is 6.54 Å². The summed E-state index contributed by atoms with van der Waals surface area (Å²) >= 11 is 0. The van der Waals surface area contributed by atoms with Crippen molar-refractivity contribution in [3.05, 3.63) is 35.4 Å². The number of rotatable bonds is 4. The van der Waals surface area contributed by atoms with Crippen molar-refractivity contribution in [1.82, 2.24) is 5.32 Å². The molecule has 0 saturated heterocycles. The quantitative estimate of drug-likeness (QED) is 0.809. The Hall–Kier alpha value is -1.35. The first-order valence-corrected chi connectivity index (χ1v) is 5.59. The molecule has 3 nitrogen and oxygen atoms in total. The van der Waals surface area contributed by atoms with Gasteiger partial charge in [0.2, 0.25) is 5.91 Å². The van der Waals surface area contributed by atoms with Crippen LogP contribution < -0.4 is 11.1 Å². The summed E-state index contributed by atoms with van der Waals surface area (Å²) in [5.41, 5.74) is 8.04. The third-order valence-corrected chi connectivity index (χ3v) is 2.57. The van der Waals surface area contributed by atoms with Crippen LogP contribution in [0.25, 0.3) is 0 Å². The van der Waals surface area contributed by atoms with Gasteiger partial charge in [0.25, 0.3) is 0 Å². The molecule has 0 aromatic heterocycles. The minimum atomic E-state index is -0.426. The van der Waals surface area contributed by atoms with Crippen molar-refractivity contribution in [2.45, 2.75) is 33.4 Å². The van der Waals surface area contributed by atoms with Crippen LogP contribution in [0.2, 0.25) is 0 Å². The fourth-order valence-electron chi connectivity index (χ4n) is 1.43. The first-order valence-electron chi connectivity index (χ1n) is 5.59. The van der Waals surface area contributed by atoms with Gasteiger partial charge in [-0.05, 0) is 18.4 Å². The molecule has 0 aliphatic rings. The lowest BCUT2D eigenvalue weighted by Gasteiger charge is -2.15. The van der Waals surface area contributed by atoms with Crippen LogP contribution in [0.4, 0.5) is 0 Å². The van der Waals surface area contributed by atoms with Crippen LogP contribution in [0.1, 0.15) is 25.0 Å². The molecule has 0 unspecified atom stereocenters. The van der Waals surface area contributed by atoms with E-state index in [1.165, 1.54) is 5.56 Å². The summed E-state index contributed by atoms with van der Waals surface area (Å²) in [5, 5.41) is 2.84. The van der Waals surface area contributed by atoms with Crippen LogP contribution >= 0.6 is 0 Å². The van der Waals surface area contributed by atoms with Gasteiger partial charge in [-0.15, -0.1) is 0 Å². The van der Waals surface area contributed by atoms with Crippen LogP contribution in [0.5, 0.6) is 0 Å². The van der Waals surface area contributed by atoms with Crippen LogP contribution in [0.15, 0.2) is 24.3 Å². The summed E-state index contributed by atoms with van der Waals surface area (Å²) < 4.78 is 0. The van der Waals surface area contributed by atoms with Gasteiger partial charge in [-0.2, -0.15) is 0 Å². The van der Waals surface area contributed by atoms with Gasteiger partial charge in [-0.1, -0.05) is 43.7 Å². The maximum atomic E-state index is 11.6. The van der Waals surface area contributed by atoms with E-state index in [9.17, 15) is 4.79 Å². The number of carbonyl (C=O) groups is 1. The van der Waals surface area contributed by atoms with Gasteiger partial charge in [-0.3, -0.25) is 4.79 Å². The molecule has 88 valence electrons. The van der Waals surface area contributed by atoms with E-state index in [1.807, 2.05) is 39.0 Å². The molecule has 0 spiro atoms. The number of nitrogens with one attached hydrogen (secondary N) is 1. The standard InChI is InChI=1S/C13H20N2O/c1-9(2)12(14)13(16)15-8-11-6-4-5-10(3)7-11/h4-7,9,12H,8,14H2,1-3H3,(H,15,16)/t12-/m1/s1. The van der Waals surface area contributed by atoms with Crippen molar-refractivity contribution >= 4 is 5.91 Å². The second kappa shape index (κ2) is 5.66. The Balaban J connectivity index is 2.49. The number of aryl methyl sites for hydroxylation is 1. The molecule has 0 aliphatic carbocycles. The summed E-state index contributed by atoms with van der Waals surface area (Å²) in [6, 6.07) is 7.64. The largest absolute Gasteiger partial charge is 0.351 e. The van der Waals surface area contributed by atoms with Gasteiger partial charge in [0.1, 0.15) is 0 Å². The molecule has 0 radical (unpaired) electrons. The molecule has 0 heterocycles. The molecule has 3 heteroatoms. The van der Waals surface area contributed by atoms with E-state index in [1.54, 1.807) is 0 Å². The summed E-state index contributed by atoms with van der Waals surface area (Å²) in [5.74, 6) is 0.0778. The summed E-state index contributed by atoms with van der Waals surface area (Å²) in [6.45, 7) is 6.46. The van der Waals surface area contributed by atoms with Gasteiger partial charge in [0.15, 0.2) is 0 Å². The first kappa shape index (κ1) is 12.7. The van der Waals surface area contributed by atoms with Crippen LogP contribution in [-0.2, 0) is 11.3 Å². The van der Waals surface area contributed by atoms with E-state index in [-0.39, 0.29) is 11.8 Å². The van der Waals surface area contributed by atoms with Crippen molar-refractivity contribution in [3.8, 4) is 0 Å². The van der Waals surface area contributed by atoms with E-state index in [4.69, 9.17) is 5.73 Å². The lowest BCUT2D eigenvalue weighted by Crippen LogP contribution is -2.43. The predicted molar refractivity (Wildman–Crippen MR) is 65.8 cm³/mol. The maximum absolute atomic E-state index is 11.6. The monoisotopic (exact) mass is 220 g/mol. The maximum Gasteiger partial charge on any atom is 0.237 e. The van der Waals surface area contributed by atoms with Gasteiger partial charge in [-0.25, -0.2) is 0 Å². The molecule has 0 bridgehead atoms. The molecule has 1 atom stereocenters. The Labute approximate surface area is 97.0 Å². The fraction of sp³-hybridized carbons (Fsp3) is 0.462. The summed E-state index contributed by atoms with van der Waals surface area (Å²) in [4.78, 5) is 11.6. The van der Waals surface area contributed by atoms with Crippen molar-refractivity contribution in [1.29, 1.82) is 0 Å². The fourth-order valence-corrected chi connectivity index (χ4v) is 1.43. The molecule has 1 amide bonds.